The zero-order valence-electron chi connectivity index (χ0n) is 11.4. The lowest BCUT2D eigenvalue weighted by atomic mass is 10.1. The van der Waals surface area contributed by atoms with Crippen molar-refractivity contribution in [2.75, 3.05) is 11.9 Å². The van der Waals surface area contributed by atoms with Crippen molar-refractivity contribution in [3.8, 4) is 6.01 Å². The van der Waals surface area contributed by atoms with Crippen molar-refractivity contribution < 1.29 is 14.6 Å². The van der Waals surface area contributed by atoms with Gasteiger partial charge >= 0.3 is 12.0 Å². The second kappa shape index (κ2) is 6.36. The van der Waals surface area contributed by atoms with E-state index >= 15 is 0 Å². The van der Waals surface area contributed by atoms with Crippen molar-refractivity contribution in [1.29, 1.82) is 0 Å². The predicted octanol–water partition coefficient (Wildman–Crippen LogP) is 2.35. The molecule has 0 fully saturated rings. The molecule has 0 spiro atoms. The lowest BCUT2D eigenvalue weighted by molar-refractivity contribution is -0.139. The summed E-state index contributed by atoms with van der Waals surface area (Å²) in [6.07, 6.45) is 0. The summed E-state index contributed by atoms with van der Waals surface area (Å²) in [7, 11) is 0. The molecule has 2 rings (SSSR count). The second-order valence-electron chi connectivity index (χ2n) is 4.27. The maximum Gasteiger partial charge on any atom is 0.341 e. The van der Waals surface area contributed by atoms with Crippen LogP contribution >= 0.6 is 11.6 Å². The molecule has 1 heterocycles. The van der Waals surface area contributed by atoms with Crippen LogP contribution < -0.4 is 10.1 Å². The Morgan fingerprint density at radius 1 is 1.33 bits per heavy atom. The van der Waals surface area contributed by atoms with Crippen LogP contribution in [0, 0.1) is 13.8 Å². The van der Waals surface area contributed by atoms with Gasteiger partial charge in [0.25, 0.3) is 0 Å². The molecule has 110 valence electrons. The molecule has 0 unspecified atom stereocenters. The zero-order chi connectivity index (χ0) is 15.4. The quantitative estimate of drug-likeness (QED) is 0.875. The Labute approximate surface area is 126 Å². The molecular formula is C13H13ClN4O3. The number of hydrogen-bond donors (Lipinski definition) is 2. The number of rotatable bonds is 5. The van der Waals surface area contributed by atoms with E-state index in [1.54, 1.807) is 0 Å². The molecule has 2 N–H and O–H groups in total. The summed E-state index contributed by atoms with van der Waals surface area (Å²) in [4.78, 5) is 22.1. The van der Waals surface area contributed by atoms with E-state index < -0.39 is 12.6 Å². The highest BCUT2D eigenvalue weighted by molar-refractivity contribution is 6.28. The lowest BCUT2D eigenvalue weighted by Gasteiger charge is -2.10. The minimum Gasteiger partial charge on any atom is -0.479 e. The van der Waals surface area contributed by atoms with Gasteiger partial charge in [-0.3, -0.25) is 0 Å². The molecular weight excluding hydrogens is 296 g/mol. The number of nitrogens with zero attached hydrogens (tertiary/aromatic N) is 3. The predicted molar refractivity (Wildman–Crippen MR) is 77.2 cm³/mol. The van der Waals surface area contributed by atoms with Crippen molar-refractivity contribution >= 4 is 29.2 Å². The number of nitrogens with one attached hydrogen (secondary N) is 1. The van der Waals surface area contributed by atoms with Gasteiger partial charge in [0.05, 0.1) is 0 Å². The number of benzene rings is 1. The Balaban J connectivity index is 2.23. The molecule has 0 saturated carbocycles. The Morgan fingerprint density at radius 3 is 2.81 bits per heavy atom. The monoisotopic (exact) mass is 308 g/mol. The van der Waals surface area contributed by atoms with Crippen molar-refractivity contribution in [2.45, 2.75) is 13.8 Å². The molecule has 0 atom stereocenters. The highest BCUT2D eigenvalue weighted by Crippen LogP contribution is 2.22. The fraction of sp³-hybridized carbons (Fsp3) is 0.231. The van der Waals surface area contributed by atoms with Crippen LogP contribution in [-0.2, 0) is 4.79 Å². The third-order valence-electron chi connectivity index (χ3n) is 2.76. The minimum atomic E-state index is -1.13. The molecule has 7 nitrogen and oxygen atoms in total. The first-order valence-corrected chi connectivity index (χ1v) is 6.43. The molecule has 0 bridgehead atoms. The fourth-order valence-corrected chi connectivity index (χ4v) is 1.74. The van der Waals surface area contributed by atoms with E-state index in [9.17, 15) is 4.79 Å². The highest BCUT2D eigenvalue weighted by atomic mass is 35.5. The first kappa shape index (κ1) is 15.0. The van der Waals surface area contributed by atoms with Gasteiger partial charge in [-0.15, -0.1) is 0 Å². The standard InChI is InChI=1S/C13H13ClN4O3/c1-7-4-3-5-9(8(7)2)15-12-16-11(14)17-13(18-12)21-6-10(19)20/h3-5H,6H2,1-2H3,(H,19,20)(H,15,16,17,18). The van der Waals surface area contributed by atoms with Gasteiger partial charge in [-0.25, -0.2) is 4.79 Å². The summed E-state index contributed by atoms with van der Waals surface area (Å²) in [5.74, 6) is -0.945. The molecule has 0 aliphatic carbocycles. The van der Waals surface area contributed by atoms with Crippen molar-refractivity contribution in [3.63, 3.8) is 0 Å². The number of ether oxygens (including phenoxy) is 1. The van der Waals surface area contributed by atoms with E-state index in [1.807, 2.05) is 32.0 Å². The number of aromatic nitrogens is 3. The van der Waals surface area contributed by atoms with Crippen LogP contribution in [0.25, 0.3) is 0 Å². The van der Waals surface area contributed by atoms with Gasteiger partial charge in [-0.2, -0.15) is 15.0 Å². The maximum absolute atomic E-state index is 10.5. The van der Waals surface area contributed by atoms with Crippen molar-refractivity contribution in [1.82, 2.24) is 15.0 Å². The molecule has 8 heteroatoms. The Bertz CT molecular complexity index is 678. The van der Waals surface area contributed by atoms with E-state index in [0.717, 1.165) is 16.8 Å². The van der Waals surface area contributed by atoms with Crippen LogP contribution in [0.1, 0.15) is 11.1 Å². The normalized spacial score (nSPS) is 10.2. The van der Waals surface area contributed by atoms with Crippen LogP contribution in [0.3, 0.4) is 0 Å². The Hall–Kier alpha value is -2.41. The summed E-state index contributed by atoms with van der Waals surface area (Å²) < 4.78 is 4.89. The largest absolute Gasteiger partial charge is 0.479 e. The molecule has 0 saturated heterocycles. The van der Waals surface area contributed by atoms with Gasteiger partial charge in [-0.05, 0) is 42.6 Å². The second-order valence-corrected chi connectivity index (χ2v) is 4.60. The molecule has 1 aromatic heterocycles. The number of halogens is 1. The highest BCUT2D eigenvalue weighted by Gasteiger charge is 2.09. The number of aliphatic carboxylic acids is 1. The van der Waals surface area contributed by atoms with E-state index in [-0.39, 0.29) is 17.2 Å². The number of hydrogen-bond acceptors (Lipinski definition) is 6. The number of carboxylic acid groups (broad SMARTS) is 1. The molecule has 2 aromatic rings. The van der Waals surface area contributed by atoms with Gasteiger partial charge in [0.1, 0.15) is 0 Å². The molecule has 0 radical (unpaired) electrons. The summed E-state index contributed by atoms with van der Waals surface area (Å²) >= 11 is 5.77. The average molecular weight is 309 g/mol. The maximum atomic E-state index is 10.5. The third kappa shape index (κ3) is 4.03. The average Bonchev–Trinajstić information content (AvgIpc) is 2.41. The van der Waals surface area contributed by atoms with E-state index in [4.69, 9.17) is 21.4 Å². The Morgan fingerprint density at radius 2 is 2.10 bits per heavy atom. The van der Waals surface area contributed by atoms with Crippen molar-refractivity contribution in [2.24, 2.45) is 0 Å². The molecule has 0 amide bonds. The lowest BCUT2D eigenvalue weighted by Crippen LogP contribution is -2.12. The van der Waals surface area contributed by atoms with E-state index in [1.165, 1.54) is 0 Å². The number of aryl methyl sites for hydroxylation is 1. The molecule has 1 aromatic carbocycles. The van der Waals surface area contributed by atoms with Crippen LogP contribution in [0.2, 0.25) is 5.28 Å². The number of carboxylic acids is 1. The van der Waals surface area contributed by atoms with Crippen LogP contribution in [0.5, 0.6) is 6.01 Å². The van der Waals surface area contributed by atoms with Crippen LogP contribution in [0.4, 0.5) is 11.6 Å². The summed E-state index contributed by atoms with van der Waals surface area (Å²) in [6, 6.07) is 5.61. The van der Waals surface area contributed by atoms with Crippen molar-refractivity contribution in [3.05, 3.63) is 34.6 Å². The first-order valence-electron chi connectivity index (χ1n) is 6.05. The van der Waals surface area contributed by atoms with Crippen LogP contribution in [-0.4, -0.2) is 32.6 Å². The summed E-state index contributed by atoms with van der Waals surface area (Å²) in [6.45, 7) is 3.40. The molecule has 0 aliphatic heterocycles. The van der Waals surface area contributed by atoms with Gasteiger partial charge in [0.2, 0.25) is 11.2 Å². The third-order valence-corrected chi connectivity index (χ3v) is 2.93. The SMILES string of the molecule is Cc1cccc(Nc2nc(Cl)nc(OCC(=O)O)n2)c1C. The zero-order valence-corrected chi connectivity index (χ0v) is 12.2. The Kier molecular flexibility index (Phi) is 4.54. The topological polar surface area (TPSA) is 97.2 Å². The molecule has 0 aliphatic rings. The van der Waals surface area contributed by atoms with Gasteiger partial charge in [0.15, 0.2) is 6.61 Å². The summed E-state index contributed by atoms with van der Waals surface area (Å²) in [5, 5.41) is 11.5. The number of anilines is 2. The van der Waals surface area contributed by atoms with Gasteiger partial charge < -0.3 is 15.2 Å². The summed E-state index contributed by atoms with van der Waals surface area (Å²) in [5.41, 5.74) is 2.98. The minimum absolute atomic E-state index is 0.0850. The van der Waals surface area contributed by atoms with Crippen LogP contribution in [0.15, 0.2) is 18.2 Å². The van der Waals surface area contributed by atoms with Gasteiger partial charge in [-0.1, -0.05) is 12.1 Å². The number of carbonyl (C=O) groups is 1. The van der Waals surface area contributed by atoms with Gasteiger partial charge in [0, 0.05) is 5.69 Å². The smallest absolute Gasteiger partial charge is 0.341 e. The first-order chi connectivity index (χ1) is 9.95. The fourth-order valence-electron chi connectivity index (χ4n) is 1.59. The van der Waals surface area contributed by atoms with E-state index in [2.05, 4.69) is 20.3 Å². The van der Waals surface area contributed by atoms with E-state index in [0.29, 0.717) is 0 Å². The molecule has 21 heavy (non-hydrogen) atoms.